The molecule has 0 unspecified atom stereocenters. The number of carbonyl (C=O) groups is 1. The summed E-state index contributed by atoms with van der Waals surface area (Å²) in [5, 5.41) is 14.4. The first kappa shape index (κ1) is 22.7. The zero-order valence-corrected chi connectivity index (χ0v) is 11.1. The van der Waals surface area contributed by atoms with Gasteiger partial charge in [-0.2, -0.15) is 0 Å². The summed E-state index contributed by atoms with van der Waals surface area (Å²) in [6, 6.07) is 0. The van der Waals surface area contributed by atoms with Crippen LogP contribution >= 0.6 is 0 Å². The van der Waals surface area contributed by atoms with Crippen LogP contribution in [-0.4, -0.2) is 44.3 Å². The number of aliphatic carboxylic acids is 1. The van der Waals surface area contributed by atoms with Crippen LogP contribution in [-0.2, 0) is 33.7 Å². The molecule has 0 spiro atoms. The smallest absolute Gasteiger partial charge is 0.229 e. The maximum atomic E-state index is 9.00. The van der Waals surface area contributed by atoms with Gasteiger partial charge in [-0.3, -0.25) is 4.79 Å². The van der Waals surface area contributed by atoms with E-state index in [1.165, 1.54) is 0 Å². The van der Waals surface area contributed by atoms with Crippen LogP contribution in [0.15, 0.2) is 0 Å². The Labute approximate surface area is 85.1 Å². The van der Waals surface area contributed by atoms with Crippen LogP contribution in [0.2, 0.25) is 0 Å². The zero-order chi connectivity index (χ0) is 11.0. The van der Waals surface area contributed by atoms with Crippen LogP contribution in [0.4, 0.5) is 0 Å². The van der Waals surface area contributed by atoms with Gasteiger partial charge < -0.3 is 14.3 Å². The van der Waals surface area contributed by atoms with Crippen molar-refractivity contribution in [3.05, 3.63) is 0 Å². The van der Waals surface area contributed by atoms with Crippen molar-refractivity contribution >= 4 is 26.9 Å². The van der Waals surface area contributed by atoms with Gasteiger partial charge >= 0.3 is 24.8 Å². The summed E-state index contributed by atoms with van der Waals surface area (Å²) in [6.45, 7) is 1.08. The van der Waals surface area contributed by atoms with Crippen molar-refractivity contribution in [1.29, 1.82) is 0 Å². The van der Waals surface area contributed by atoms with E-state index in [4.69, 9.17) is 21.9 Å². The summed E-state index contributed by atoms with van der Waals surface area (Å²) in [5.74, 6) is -0.833. The number of carboxylic acids is 1. The molecule has 0 fully saturated rings. The Bertz CT molecular complexity index is 99.0. The average molecular weight is 382 g/mol. The van der Waals surface area contributed by atoms with Gasteiger partial charge in [0.05, 0.1) is 0 Å². The Morgan fingerprint density at radius 3 is 1.33 bits per heavy atom. The fraction of sp³-hybridized carbons (Fsp3) is 0.667. The number of hydrogen-bond acceptors (Lipinski definition) is 5. The topological polar surface area (TPSA) is 101 Å². The summed E-state index contributed by atoms with van der Waals surface area (Å²) in [5.41, 5.74) is 0. The Kier molecular flexibility index (Phi) is 82.5. The van der Waals surface area contributed by atoms with Crippen molar-refractivity contribution in [2.45, 2.75) is 6.92 Å². The molecule has 0 rings (SSSR count). The number of carboxylic acid groups (broad SMARTS) is 1. The predicted octanol–water partition coefficient (Wildman–Crippen LogP) is -1.37. The fourth-order valence-electron chi connectivity index (χ4n) is 0. The van der Waals surface area contributed by atoms with Crippen LogP contribution in [0, 0.1) is 0 Å². The van der Waals surface area contributed by atoms with Crippen molar-refractivity contribution in [2.75, 3.05) is 7.11 Å². The van der Waals surface area contributed by atoms with E-state index in [2.05, 4.69) is 25.1 Å². The molecule has 0 amide bonds. The maximum absolute atomic E-state index is 9.00. The van der Waals surface area contributed by atoms with Gasteiger partial charge in [-0.25, -0.2) is 0 Å². The van der Waals surface area contributed by atoms with Crippen molar-refractivity contribution in [3.8, 4) is 0 Å². The fourth-order valence-corrected chi connectivity index (χ4v) is 0. The van der Waals surface area contributed by atoms with Gasteiger partial charge in [0.1, 0.15) is 0 Å². The van der Waals surface area contributed by atoms with Gasteiger partial charge in [0.25, 0.3) is 5.97 Å². The van der Waals surface area contributed by atoms with Crippen molar-refractivity contribution in [2.24, 2.45) is 0 Å². The first-order chi connectivity index (χ1) is 5.56. The number of hydrogen-bond donors (Lipinski definition) is 2. The van der Waals surface area contributed by atoms with Gasteiger partial charge in [0, 0.05) is 14.0 Å². The van der Waals surface area contributed by atoms with E-state index in [0.29, 0.717) is 0 Å². The first-order valence-electron chi connectivity index (χ1n) is 2.09. The molecule has 0 aliphatic rings. The van der Waals surface area contributed by atoms with Gasteiger partial charge in [-0.15, -0.1) is 0 Å². The summed E-state index contributed by atoms with van der Waals surface area (Å²) in [4.78, 5) is 9.00. The van der Waals surface area contributed by atoms with Crippen LogP contribution in [0.1, 0.15) is 6.92 Å². The molecular weight excluding hydrogens is 374 g/mol. The molecule has 0 saturated carbocycles. The zero-order valence-electron chi connectivity index (χ0n) is 6.41. The molecule has 0 aromatic rings. The molecule has 71 valence electrons. The molecular formula is C3H8O6ReSi2. The minimum absolute atomic E-state index is 0.833. The van der Waals surface area contributed by atoms with Crippen LogP contribution < -0.4 is 0 Å². The van der Waals surface area contributed by atoms with Crippen LogP contribution in [0.5, 0.6) is 0 Å². The molecule has 0 bridgehead atoms. The number of aliphatic hydroxyl groups excluding tert-OH is 1. The quantitative estimate of drug-likeness (QED) is 0.502. The Morgan fingerprint density at radius 2 is 1.33 bits per heavy atom. The molecule has 2 N–H and O–H groups in total. The molecule has 0 saturated heterocycles. The maximum Gasteiger partial charge on any atom is 0.229 e. The van der Waals surface area contributed by atoms with Gasteiger partial charge in [0.15, 0.2) is 0 Å². The summed E-state index contributed by atoms with van der Waals surface area (Å²) in [7, 11) is 6.19. The van der Waals surface area contributed by atoms with E-state index >= 15 is 0 Å². The first-order valence-corrected chi connectivity index (χ1v) is 5.13. The average Bonchev–Trinajstić information content (AvgIpc) is 1.92. The van der Waals surface area contributed by atoms with Crippen molar-refractivity contribution in [3.63, 3.8) is 0 Å². The Balaban J connectivity index is -0.0000000368. The van der Waals surface area contributed by atoms with Crippen LogP contribution in [0.3, 0.4) is 0 Å². The standard InChI is InChI=1S/C2H4O2.CH4O.OSi2.2O.Re/c1-2(3)4;1-2;2-1-3;;;/h1H3,(H,3,4);2H,1H3;;;;. The third kappa shape index (κ3) is 112000. The van der Waals surface area contributed by atoms with Crippen molar-refractivity contribution < 1.29 is 44.0 Å². The third-order valence-electron chi connectivity index (χ3n) is 0. The third-order valence-corrected chi connectivity index (χ3v) is 0. The molecule has 0 aromatic heterocycles. The molecule has 9 heteroatoms. The second-order valence-electron chi connectivity index (χ2n) is 0.684. The SMILES string of the molecule is CC(=O)O.CO.[O]=[Re]=[O].[Si]O[Si]. The van der Waals surface area contributed by atoms with Gasteiger partial charge in [-0.1, -0.05) is 0 Å². The molecule has 0 aliphatic carbocycles. The Hall–Kier alpha value is 0.0861. The van der Waals surface area contributed by atoms with E-state index in [9.17, 15) is 0 Å². The Morgan fingerprint density at radius 1 is 1.33 bits per heavy atom. The van der Waals surface area contributed by atoms with E-state index < -0.39 is 23.9 Å². The molecule has 0 heterocycles. The van der Waals surface area contributed by atoms with E-state index in [1.807, 2.05) is 0 Å². The summed E-state index contributed by atoms with van der Waals surface area (Å²) < 4.78 is 20.9. The monoisotopic (exact) mass is 383 g/mol. The minimum atomic E-state index is -2.17. The van der Waals surface area contributed by atoms with E-state index in [-0.39, 0.29) is 0 Å². The van der Waals surface area contributed by atoms with Gasteiger partial charge in [0.2, 0.25) is 21.0 Å². The van der Waals surface area contributed by atoms with E-state index in [1.54, 1.807) is 0 Å². The molecule has 0 aliphatic heterocycles. The second-order valence-corrected chi connectivity index (χ2v) is 1.95. The van der Waals surface area contributed by atoms with Crippen molar-refractivity contribution in [1.82, 2.24) is 0 Å². The van der Waals surface area contributed by atoms with E-state index in [0.717, 1.165) is 14.0 Å². The molecule has 0 aromatic carbocycles. The second kappa shape index (κ2) is 43.6. The minimum Gasteiger partial charge on any atom is -0.458 e. The predicted molar refractivity (Wildman–Crippen MR) is 35.4 cm³/mol. The van der Waals surface area contributed by atoms with Crippen LogP contribution in [0.25, 0.3) is 0 Å². The summed E-state index contributed by atoms with van der Waals surface area (Å²) >= 11 is -2.17. The number of rotatable bonds is 0. The largest absolute Gasteiger partial charge is 0.458 e. The molecule has 0 atom stereocenters. The molecule has 6 nitrogen and oxygen atoms in total. The molecule has 6 radical (unpaired) electrons. The molecule has 12 heavy (non-hydrogen) atoms. The summed E-state index contributed by atoms with van der Waals surface area (Å²) in [6.07, 6.45) is 0. The van der Waals surface area contributed by atoms with Gasteiger partial charge in [-0.05, 0) is 0 Å². The number of aliphatic hydroxyl groups is 1. The normalized spacial score (nSPS) is 5.08.